The fourth-order valence-corrected chi connectivity index (χ4v) is 4.91. The topological polar surface area (TPSA) is 83.3 Å². The average Bonchev–Trinajstić information content (AvgIpc) is 3.18. The Morgan fingerprint density at radius 3 is 2.78 bits per heavy atom. The lowest BCUT2D eigenvalue weighted by Crippen LogP contribution is -2.31. The molecule has 2 heterocycles. The molecular formula is C20H17N3O3S. The average molecular weight is 379 g/mol. The van der Waals surface area contributed by atoms with E-state index in [1.165, 1.54) is 16.4 Å². The normalized spacial score (nSPS) is 17.7. The standard InChI is InChI=1S/C20H17N3O3S/c21-13-16-5-1-2-9-19(16)27(24,25)23-12-10-17(14-23)26-18-8-3-6-15-7-4-11-22-20(15)18/h1-9,11,17H,10,12,14H2. The molecular weight excluding hydrogens is 362 g/mol. The highest BCUT2D eigenvalue weighted by Gasteiger charge is 2.35. The summed E-state index contributed by atoms with van der Waals surface area (Å²) in [6.07, 6.45) is 2.03. The number of nitriles is 1. The second-order valence-corrected chi connectivity index (χ2v) is 8.24. The van der Waals surface area contributed by atoms with Gasteiger partial charge in [-0.15, -0.1) is 0 Å². The fourth-order valence-electron chi connectivity index (χ4n) is 3.29. The molecule has 1 fully saturated rings. The highest BCUT2D eigenvalue weighted by atomic mass is 32.2. The summed E-state index contributed by atoms with van der Waals surface area (Å²) in [5.41, 5.74) is 0.913. The van der Waals surface area contributed by atoms with Gasteiger partial charge in [-0.3, -0.25) is 4.98 Å². The lowest BCUT2D eigenvalue weighted by atomic mass is 10.2. The number of fused-ring (bicyclic) bond motifs is 1. The maximum absolute atomic E-state index is 12.9. The maximum atomic E-state index is 12.9. The number of sulfonamides is 1. The molecule has 1 unspecified atom stereocenters. The van der Waals surface area contributed by atoms with E-state index in [9.17, 15) is 13.7 Å². The largest absolute Gasteiger partial charge is 0.487 e. The predicted molar refractivity (Wildman–Crippen MR) is 101 cm³/mol. The zero-order valence-corrected chi connectivity index (χ0v) is 15.3. The smallest absolute Gasteiger partial charge is 0.244 e. The molecule has 1 saturated heterocycles. The van der Waals surface area contributed by atoms with E-state index < -0.39 is 10.0 Å². The molecule has 4 rings (SSSR count). The van der Waals surface area contributed by atoms with Crippen molar-refractivity contribution in [3.63, 3.8) is 0 Å². The van der Waals surface area contributed by atoms with Crippen LogP contribution < -0.4 is 4.74 Å². The molecule has 0 radical (unpaired) electrons. The molecule has 0 N–H and O–H groups in total. The Morgan fingerprint density at radius 1 is 1.11 bits per heavy atom. The first-order valence-corrected chi connectivity index (χ1v) is 10.0. The number of pyridine rings is 1. The Balaban J connectivity index is 1.56. The van der Waals surface area contributed by atoms with E-state index in [1.54, 1.807) is 18.3 Å². The third kappa shape index (κ3) is 3.25. The molecule has 1 aliphatic heterocycles. The van der Waals surface area contributed by atoms with Crippen LogP contribution >= 0.6 is 0 Å². The Labute approximate surface area is 157 Å². The lowest BCUT2D eigenvalue weighted by Gasteiger charge is -2.18. The minimum Gasteiger partial charge on any atom is -0.487 e. The third-order valence-electron chi connectivity index (χ3n) is 4.62. The third-order valence-corrected chi connectivity index (χ3v) is 6.55. The van der Waals surface area contributed by atoms with Crippen molar-refractivity contribution < 1.29 is 13.2 Å². The van der Waals surface area contributed by atoms with E-state index >= 15 is 0 Å². The highest BCUT2D eigenvalue weighted by Crippen LogP contribution is 2.28. The summed E-state index contributed by atoms with van der Waals surface area (Å²) < 4.78 is 33.3. The quantitative estimate of drug-likeness (QED) is 0.696. The summed E-state index contributed by atoms with van der Waals surface area (Å²) in [7, 11) is -3.73. The molecule has 1 aliphatic rings. The van der Waals surface area contributed by atoms with Crippen LogP contribution in [0.3, 0.4) is 0 Å². The number of benzene rings is 2. The van der Waals surface area contributed by atoms with Gasteiger partial charge in [0.2, 0.25) is 10.0 Å². The van der Waals surface area contributed by atoms with Gasteiger partial charge in [-0.2, -0.15) is 9.57 Å². The molecule has 3 aromatic rings. The second-order valence-electron chi connectivity index (χ2n) is 6.33. The van der Waals surface area contributed by atoms with Gasteiger partial charge in [0.05, 0.1) is 17.0 Å². The Kier molecular flexibility index (Phi) is 4.52. The number of rotatable bonds is 4. The van der Waals surface area contributed by atoms with Crippen LogP contribution in [0.2, 0.25) is 0 Å². The molecule has 0 spiro atoms. The molecule has 1 atom stereocenters. The summed E-state index contributed by atoms with van der Waals surface area (Å²) in [4.78, 5) is 4.41. The van der Waals surface area contributed by atoms with Gasteiger partial charge in [0.1, 0.15) is 23.4 Å². The van der Waals surface area contributed by atoms with E-state index in [-0.39, 0.29) is 23.1 Å². The van der Waals surface area contributed by atoms with Crippen molar-refractivity contribution in [1.82, 2.24) is 9.29 Å². The number of hydrogen-bond acceptors (Lipinski definition) is 5. The molecule has 0 aliphatic carbocycles. The summed E-state index contributed by atoms with van der Waals surface area (Å²) in [6, 6.07) is 17.7. The highest BCUT2D eigenvalue weighted by molar-refractivity contribution is 7.89. The molecule has 2 aromatic carbocycles. The van der Waals surface area contributed by atoms with E-state index in [0.717, 1.165) is 10.9 Å². The first-order chi connectivity index (χ1) is 13.1. The lowest BCUT2D eigenvalue weighted by molar-refractivity contribution is 0.218. The SMILES string of the molecule is N#Cc1ccccc1S(=O)(=O)N1CCC(Oc2cccc3cccnc23)C1. The van der Waals surface area contributed by atoms with Crippen molar-refractivity contribution >= 4 is 20.9 Å². The van der Waals surface area contributed by atoms with Crippen LogP contribution in [0.4, 0.5) is 0 Å². The van der Waals surface area contributed by atoms with Gasteiger partial charge in [0, 0.05) is 18.1 Å². The van der Waals surface area contributed by atoms with Crippen LogP contribution in [0, 0.1) is 11.3 Å². The number of hydrogen-bond donors (Lipinski definition) is 0. The van der Waals surface area contributed by atoms with Crippen molar-refractivity contribution in [1.29, 1.82) is 5.26 Å². The molecule has 0 bridgehead atoms. The zero-order valence-electron chi connectivity index (χ0n) is 14.4. The van der Waals surface area contributed by atoms with Crippen molar-refractivity contribution in [2.24, 2.45) is 0 Å². The van der Waals surface area contributed by atoms with E-state index in [4.69, 9.17) is 4.74 Å². The van der Waals surface area contributed by atoms with Gasteiger partial charge in [-0.05, 0) is 30.7 Å². The molecule has 0 saturated carbocycles. The summed E-state index contributed by atoms with van der Waals surface area (Å²) in [5.74, 6) is 0.648. The molecule has 1 aromatic heterocycles. The monoisotopic (exact) mass is 379 g/mol. The van der Waals surface area contributed by atoms with E-state index in [0.29, 0.717) is 18.7 Å². The van der Waals surface area contributed by atoms with Gasteiger partial charge in [0.25, 0.3) is 0 Å². The van der Waals surface area contributed by atoms with Crippen molar-refractivity contribution in [2.75, 3.05) is 13.1 Å². The van der Waals surface area contributed by atoms with E-state index in [1.807, 2.05) is 36.4 Å². The number of nitrogens with zero attached hydrogens (tertiary/aromatic N) is 3. The zero-order chi connectivity index (χ0) is 18.9. The van der Waals surface area contributed by atoms with Crippen LogP contribution in [-0.2, 0) is 10.0 Å². The number of ether oxygens (including phenoxy) is 1. The van der Waals surface area contributed by atoms with Gasteiger partial charge in [-0.25, -0.2) is 8.42 Å². The number of aromatic nitrogens is 1. The van der Waals surface area contributed by atoms with Gasteiger partial charge in [0.15, 0.2) is 0 Å². The first-order valence-electron chi connectivity index (χ1n) is 8.59. The Bertz CT molecular complexity index is 1130. The van der Waals surface area contributed by atoms with Gasteiger partial charge < -0.3 is 4.74 Å². The molecule has 6 nitrogen and oxygen atoms in total. The molecule has 0 amide bonds. The fraction of sp³-hybridized carbons (Fsp3) is 0.200. The van der Waals surface area contributed by atoms with E-state index in [2.05, 4.69) is 4.98 Å². The van der Waals surface area contributed by atoms with Crippen molar-refractivity contribution in [3.05, 3.63) is 66.4 Å². The van der Waals surface area contributed by atoms with Gasteiger partial charge in [-0.1, -0.05) is 30.3 Å². The Morgan fingerprint density at radius 2 is 1.93 bits per heavy atom. The minimum absolute atomic E-state index is 0.0416. The summed E-state index contributed by atoms with van der Waals surface area (Å²) in [6.45, 7) is 0.594. The predicted octanol–water partition coefficient (Wildman–Crippen LogP) is 2.95. The summed E-state index contributed by atoms with van der Waals surface area (Å²) in [5, 5.41) is 10.2. The van der Waals surface area contributed by atoms with Gasteiger partial charge >= 0.3 is 0 Å². The van der Waals surface area contributed by atoms with Crippen LogP contribution in [0.5, 0.6) is 5.75 Å². The summed E-state index contributed by atoms with van der Waals surface area (Å²) >= 11 is 0. The van der Waals surface area contributed by atoms with Crippen LogP contribution in [0.1, 0.15) is 12.0 Å². The number of para-hydroxylation sites is 1. The van der Waals surface area contributed by atoms with Crippen LogP contribution in [0.15, 0.2) is 65.7 Å². The van der Waals surface area contributed by atoms with Crippen LogP contribution in [-0.4, -0.2) is 36.9 Å². The minimum atomic E-state index is -3.73. The maximum Gasteiger partial charge on any atom is 0.244 e. The second kappa shape index (κ2) is 6.99. The van der Waals surface area contributed by atoms with Crippen molar-refractivity contribution in [2.45, 2.75) is 17.4 Å². The molecule has 7 heteroatoms. The van der Waals surface area contributed by atoms with Crippen molar-refractivity contribution in [3.8, 4) is 11.8 Å². The van der Waals surface area contributed by atoms with Crippen LogP contribution in [0.25, 0.3) is 10.9 Å². The Hall–Kier alpha value is -2.95. The first kappa shape index (κ1) is 17.5. The molecule has 27 heavy (non-hydrogen) atoms. The molecule has 136 valence electrons.